The summed E-state index contributed by atoms with van der Waals surface area (Å²) in [4.78, 5) is 0. The fourth-order valence-electron chi connectivity index (χ4n) is 4.35. The summed E-state index contributed by atoms with van der Waals surface area (Å²) in [6.07, 6.45) is 0.390. The molecule has 1 aliphatic heterocycles. The number of aromatic hydroxyl groups is 1. The molecule has 0 amide bonds. The molecule has 0 fully saturated rings. The van der Waals surface area contributed by atoms with Crippen molar-refractivity contribution in [2.75, 3.05) is 0 Å². The van der Waals surface area contributed by atoms with Crippen LogP contribution in [0.5, 0.6) is 11.5 Å². The fourth-order valence-corrected chi connectivity index (χ4v) is 6.88. The lowest BCUT2D eigenvalue weighted by molar-refractivity contribution is -0.139. The van der Waals surface area contributed by atoms with Gasteiger partial charge in [-0.05, 0) is 56.5 Å². The van der Waals surface area contributed by atoms with Crippen LogP contribution in [0.2, 0.25) is 0 Å². The van der Waals surface area contributed by atoms with Crippen molar-refractivity contribution in [3.8, 4) is 22.6 Å². The number of hydrogen-bond donors (Lipinski definition) is 2. The third-order valence-corrected chi connectivity index (χ3v) is 8.66. The minimum Gasteiger partial charge on any atom is -0.507 e. The second-order valence-corrected chi connectivity index (χ2v) is 13.0. The van der Waals surface area contributed by atoms with Crippen LogP contribution < -0.4 is 9.83 Å². The van der Waals surface area contributed by atoms with E-state index >= 15 is 0 Å². The second kappa shape index (κ2) is 7.88. The molecule has 5 heteroatoms. The van der Waals surface area contributed by atoms with Crippen molar-refractivity contribution < 1.29 is 19.6 Å². The van der Waals surface area contributed by atoms with Crippen LogP contribution in [0.15, 0.2) is 60.7 Å². The number of hydrogen-bond acceptors (Lipinski definition) is 4. The van der Waals surface area contributed by atoms with Crippen LogP contribution in [-0.4, -0.2) is 10.4 Å². The molecule has 1 aliphatic rings. The number of rotatable bonds is 3. The van der Waals surface area contributed by atoms with E-state index in [0.717, 1.165) is 33.1 Å². The summed E-state index contributed by atoms with van der Waals surface area (Å²) in [5.41, 5.74) is 4.24. The van der Waals surface area contributed by atoms with Crippen molar-refractivity contribution in [2.24, 2.45) is 0 Å². The van der Waals surface area contributed by atoms with E-state index in [1.807, 2.05) is 60.7 Å². The quantitative estimate of drug-likeness (QED) is 0.251. The molecule has 2 N–H and O–H groups in total. The summed E-state index contributed by atoms with van der Waals surface area (Å²) < 4.78 is 11.7. The zero-order valence-electron chi connectivity index (χ0n) is 19.6. The lowest BCUT2D eigenvalue weighted by Crippen LogP contribution is -2.26. The maximum atomic E-state index is 11.1. The van der Waals surface area contributed by atoms with Gasteiger partial charge in [-0.25, -0.2) is 5.26 Å². The zero-order valence-corrected chi connectivity index (χ0v) is 20.5. The molecule has 0 saturated heterocycles. The van der Waals surface area contributed by atoms with Crippen LogP contribution in [0, 0.1) is 0 Å². The summed E-state index contributed by atoms with van der Waals surface area (Å²) in [7, 11) is -2.90. The van der Waals surface area contributed by atoms with E-state index in [1.165, 1.54) is 0 Å². The molecule has 168 valence electrons. The van der Waals surface area contributed by atoms with Gasteiger partial charge in [0.2, 0.25) is 0 Å². The number of phenols is 1. The van der Waals surface area contributed by atoms with Gasteiger partial charge in [-0.2, -0.15) is 0 Å². The average molecular weight is 452 g/mol. The molecule has 0 saturated carbocycles. The highest BCUT2D eigenvalue weighted by Crippen LogP contribution is 2.66. The van der Waals surface area contributed by atoms with Gasteiger partial charge in [-0.3, -0.25) is 0 Å². The zero-order chi connectivity index (χ0) is 23.3. The monoisotopic (exact) mass is 451 g/mol. The predicted octanol–water partition coefficient (Wildman–Crippen LogP) is 7.21. The number of benzene rings is 3. The van der Waals surface area contributed by atoms with Crippen LogP contribution in [0.4, 0.5) is 0 Å². The first-order chi connectivity index (χ1) is 15.0. The molecule has 1 heterocycles. The van der Waals surface area contributed by atoms with Gasteiger partial charge in [-0.1, -0.05) is 77.9 Å². The number of phenolic OH excluding ortho intramolecular Hbond substituents is 1. The average Bonchev–Trinajstić information content (AvgIpc) is 2.73. The van der Waals surface area contributed by atoms with Crippen molar-refractivity contribution in [3.63, 3.8) is 0 Å². The molecule has 3 aromatic rings. The Labute approximate surface area is 191 Å². The molecule has 0 aromatic heterocycles. The van der Waals surface area contributed by atoms with E-state index in [9.17, 15) is 10.4 Å². The van der Waals surface area contributed by atoms with Crippen molar-refractivity contribution >= 4 is 13.0 Å². The molecule has 4 rings (SSSR count). The van der Waals surface area contributed by atoms with Crippen molar-refractivity contribution in [1.82, 2.24) is 0 Å². The first-order valence-electron chi connectivity index (χ1n) is 10.9. The summed E-state index contributed by atoms with van der Waals surface area (Å²) in [6, 6.07) is 19.9. The molecule has 4 nitrogen and oxygen atoms in total. The topological polar surface area (TPSA) is 58.9 Å². The van der Waals surface area contributed by atoms with Gasteiger partial charge in [0.25, 0.3) is 0 Å². The van der Waals surface area contributed by atoms with E-state index < -0.39 is 7.72 Å². The Kier molecular flexibility index (Phi) is 5.61. The molecule has 3 aromatic carbocycles. The lowest BCUT2D eigenvalue weighted by atomic mass is 9.78. The van der Waals surface area contributed by atoms with E-state index in [-0.39, 0.29) is 10.8 Å². The fraction of sp³-hybridized carbons (Fsp3) is 0.333. The smallest absolute Gasteiger partial charge is 0.397 e. The van der Waals surface area contributed by atoms with Crippen LogP contribution in [0.25, 0.3) is 11.1 Å². The summed E-state index contributed by atoms with van der Waals surface area (Å²) in [6.45, 7) is 12.5. The molecular formula is C27H32O4P+. The third kappa shape index (κ3) is 3.92. The molecular weight excluding hydrogens is 419 g/mol. The van der Waals surface area contributed by atoms with Crippen LogP contribution in [0.1, 0.15) is 58.2 Å². The normalized spacial score (nSPS) is 18.0. The Morgan fingerprint density at radius 1 is 0.812 bits per heavy atom. The van der Waals surface area contributed by atoms with Crippen LogP contribution in [-0.2, 0) is 21.7 Å². The van der Waals surface area contributed by atoms with E-state index in [1.54, 1.807) is 0 Å². The highest BCUT2D eigenvalue weighted by atomic mass is 31.2. The van der Waals surface area contributed by atoms with Crippen LogP contribution in [0.3, 0.4) is 0 Å². The summed E-state index contributed by atoms with van der Waals surface area (Å²) in [5, 5.41) is 22.2. The molecule has 0 aliphatic carbocycles. The van der Waals surface area contributed by atoms with Gasteiger partial charge in [-0.15, -0.1) is 0 Å². The minimum atomic E-state index is -2.90. The van der Waals surface area contributed by atoms with Crippen molar-refractivity contribution in [3.05, 3.63) is 77.4 Å². The van der Waals surface area contributed by atoms with Gasteiger partial charge >= 0.3 is 7.72 Å². The van der Waals surface area contributed by atoms with Gasteiger partial charge < -0.3 is 9.63 Å². The largest absolute Gasteiger partial charge is 0.507 e. The molecule has 0 radical (unpaired) electrons. The molecule has 0 spiro atoms. The van der Waals surface area contributed by atoms with E-state index in [4.69, 9.17) is 9.20 Å². The molecule has 1 atom stereocenters. The highest BCUT2D eigenvalue weighted by Gasteiger charge is 2.53. The van der Waals surface area contributed by atoms with Crippen LogP contribution >= 0.6 is 7.72 Å². The van der Waals surface area contributed by atoms with Crippen molar-refractivity contribution in [2.45, 2.75) is 58.5 Å². The van der Waals surface area contributed by atoms with Gasteiger partial charge in [0.1, 0.15) is 5.75 Å². The standard InChI is InChI=1S/C27H31O4P/c1-26(2,3)21-15-18(16-22(25(21)28)27(4,5)6)17-32(31-29)24-14-10-8-12-20(24)19-11-7-9-13-23(19)30-32/h7-16H,17H2,1-6H3,(H-,28,29)/p+1. The Hall–Kier alpha value is -2.39. The summed E-state index contributed by atoms with van der Waals surface area (Å²) >= 11 is 0. The number of para-hydroxylation sites is 1. The maximum absolute atomic E-state index is 11.1. The van der Waals surface area contributed by atoms with Crippen molar-refractivity contribution in [1.29, 1.82) is 0 Å². The van der Waals surface area contributed by atoms with E-state index in [0.29, 0.717) is 17.7 Å². The SMILES string of the molecule is CC(C)(C)c1cc(C[P+]2(OO)Oc3ccccc3-c3ccccc32)cc(C(C)(C)C)c1O. The first-order valence-corrected chi connectivity index (χ1v) is 12.7. The van der Waals surface area contributed by atoms with Gasteiger partial charge in [0, 0.05) is 11.1 Å². The molecule has 32 heavy (non-hydrogen) atoms. The Morgan fingerprint density at radius 3 is 1.91 bits per heavy atom. The summed E-state index contributed by atoms with van der Waals surface area (Å²) in [5.74, 6) is 1.04. The van der Waals surface area contributed by atoms with Gasteiger partial charge in [0.15, 0.2) is 17.2 Å². The Balaban J connectivity index is 1.90. The van der Waals surface area contributed by atoms with Gasteiger partial charge in [0.05, 0.1) is 0 Å². The minimum absolute atomic E-state index is 0.246. The predicted molar refractivity (Wildman–Crippen MR) is 132 cm³/mol. The van der Waals surface area contributed by atoms with E-state index in [2.05, 4.69) is 41.5 Å². The highest BCUT2D eigenvalue weighted by molar-refractivity contribution is 7.74. The molecule has 0 bridgehead atoms. The Bertz CT molecular complexity index is 1120. The maximum Gasteiger partial charge on any atom is 0.397 e. The second-order valence-electron chi connectivity index (χ2n) is 10.6. The number of fused-ring (bicyclic) bond motifs is 3. The lowest BCUT2D eigenvalue weighted by Gasteiger charge is -2.30. The first kappa shape index (κ1) is 22.8. The molecule has 1 unspecified atom stereocenters. The Morgan fingerprint density at radius 2 is 1.34 bits per heavy atom. The third-order valence-electron chi connectivity index (χ3n) is 6.00.